The molecule has 19 heavy (non-hydrogen) atoms. The molecule has 1 aromatic carbocycles. The second-order valence-corrected chi connectivity index (χ2v) is 9.87. The van der Waals surface area contributed by atoms with Gasteiger partial charge in [-0.25, -0.2) is 8.42 Å². The van der Waals surface area contributed by atoms with E-state index in [2.05, 4.69) is 29.8 Å². The third-order valence-electron chi connectivity index (χ3n) is 3.25. The fourth-order valence-corrected chi connectivity index (χ4v) is 4.92. The Morgan fingerprint density at radius 2 is 1.84 bits per heavy atom. The molecule has 1 saturated heterocycles. The molecule has 0 bridgehead atoms. The van der Waals surface area contributed by atoms with E-state index in [9.17, 15) is 8.42 Å². The van der Waals surface area contributed by atoms with Crippen LogP contribution in [-0.2, 0) is 10.0 Å². The summed E-state index contributed by atoms with van der Waals surface area (Å²) in [5.74, 6) is 0.850. The van der Waals surface area contributed by atoms with E-state index in [-0.39, 0.29) is 4.75 Å². The molecule has 0 atom stereocenters. The Hall–Kier alpha value is -0.0400. The summed E-state index contributed by atoms with van der Waals surface area (Å²) < 4.78 is 27.8. The molecule has 1 heterocycles. The van der Waals surface area contributed by atoms with Gasteiger partial charge in [-0.1, -0.05) is 29.8 Å². The number of benzene rings is 1. The molecule has 6 heteroatoms. The average molecular weight is 364 g/mol. The predicted molar refractivity (Wildman–Crippen MR) is 84.1 cm³/mol. The molecule has 0 spiro atoms. The van der Waals surface area contributed by atoms with Crippen molar-refractivity contribution in [2.24, 2.45) is 0 Å². The maximum absolute atomic E-state index is 12.6. The minimum absolute atomic E-state index is 0.157. The zero-order valence-corrected chi connectivity index (χ0v) is 14.3. The van der Waals surface area contributed by atoms with Crippen molar-refractivity contribution in [1.82, 2.24) is 4.31 Å². The van der Waals surface area contributed by atoms with Gasteiger partial charge in [0.2, 0.25) is 10.0 Å². The van der Waals surface area contributed by atoms with Crippen molar-refractivity contribution in [2.75, 3.05) is 18.8 Å². The SMILES string of the molecule is CC1(C)CCN(S(=O)(=O)c2ccc(Br)cc2)CCS1. The molecule has 0 aromatic heterocycles. The minimum atomic E-state index is -3.35. The quantitative estimate of drug-likeness (QED) is 0.808. The zero-order chi connectivity index (χ0) is 14.1. The van der Waals surface area contributed by atoms with Crippen molar-refractivity contribution >= 4 is 37.7 Å². The summed E-state index contributed by atoms with van der Waals surface area (Å²) in [6.07, 6.45) is 0.882. The van der Waals surface area contributed by atoms with Crippen LogP contribution in [0.25, 0.3) is 0 Å². The van der Waals surface area contributed by atoms with Crippen LogP contribution in [0.1, 0.15) is 20.3 Å². The summed E-state index contributed by atoms with van der Waals surface area (Å²) in [6.45, 7) is 5.53. The number of thioether (sulfide) groups is 1. The molecule has 2 rings (SSSR count). The van der Waals surface area contributed by atoms with Crippen LogP contribution >= 0.6 is 27.7 Å². The number of rotatable bonds is 2. The first-order valence-corrected chi connectivity index (χ1v) is 9.43. The van der Waals surface area contributed by atoms with Gasteiger partial charge in [0.25, 0.3) is 0 Å². The Bertz CT molecular complexity index is 540. The minimum Gasteiger partial charge on any atom is -0.207 e. The van der Waals surface area contributed by atoms with Crippen LogP contribution in [0.3, 0.4) is 0 Å². The van der Waals surface area contributed by atoms with Crippen molar-refractivity contribution in [3.63, 3.8) is 0 Å². The van der Waals surface area contributed by atoms with Gasteiger partial charge in [-0.3, -0.25) is 0 Å². The van der Waals surface area contributed by atoms with E-state index >= 15 is 0 Å². The van der Waals surface area contributed by atoms with Crippen LogP contribution in [0.2, 0.25) is 0 Å². The molecular formula is C13H18BrNO2S2. The van der Waals surface area contributed by atoms with E-state index in [0.717, 1.165) is 16.6 Å². The summed E-state index contributed by atoms with van der Waals surface area (Å²) in [5, 5.41) is 0. The third-order valence-corrected chi connectivity index (χ3v) is 7.06. The molecular weight excluding hydrogens is 346 g/mol. The summed E-state index contributed by atoms with van der Waals surface area (Å²) in [5.41, 5.74) is 0. The summed E-state index contributed by atoms with van der Waals surface area (Å²) in [7, 11) is -3.35. The predicted octanol–water partition coefficient (Wildman–Crippen LogP) is 3.36. The van der Waals surface area contributed by atoms with Crippen molar-refractivity contribution in [1.29, 1.82) is 0 Å². The highest BCUT2D eigenvalue weighted by Crippen LogP contribution is 2.32. The van der Waals surface area contributed by atoms with Crippen LogP contribution in [0.4, 0.5) is 0 Å². The normalized spacial score (nSPS) is 21.0. The van der Waals surface area contributed by atoms with Crippen molar-refractivity contribution in [3.8, 4) is 0 Å². The first kappa shape index (κ1) is 15.4. The van der Waals surface area contributed by atoms with Gasteiger partial charge >= 0.3 is 0 Å². The molecule has 0 N–H and O–H groups in total. The number of nitrogens with zero attached hydrogens (tertiary/aromatic N) is 1. The lowest BCUT2D eigenvalue weighted by molar-refractivity contribution is 0.415. The molecule has 1 aliphatic rings. The van der Waals surface area contributed by atoms with Crippen molar-refractivity contribution < 1.29 is 8.42 Å². The maximum atomic E-state index is 12.6. The van der Waals surface area contributed by atoms with Crippen molar-refractivity contribution in [3.05, 3.63) is 28.7 Å². The molecule has 1 fully saturated rings. The van der Waals surface area contributed by atoms with E-state index in [4.69, 9.17) is 0 Å². The van der Waals surface area contributed by atoms with Crippen LogP contribution in [0.15, 0.2) is 33.6 Å². The molecule has 0 aliphatic carbocycles. The summed E-state index contributed by atoms with van der Waals surface area (Å²) >= 11 is 5.17. The smallest absolute Gasteiger partial charge is 0.207 e. The molecule has 106 valence electrons. The zero-order valence-electron chi connectivity index (χ0n) is 11.1. The van der Waals surface area contributed by atoms with Gasteiger partial charge in [-0.15, -0.1) is 0 Å². The van der Waals surface area contributed by atoms with Crippen LogP contribution in [0.5, 0.6) is 0 Å². The standard InChI is InChI=1S/C13H18BrNO2S2/c1-13(2)7-8-15(9-10-18-13)19(16,17)12-5-3-11(14)4-6-12/h3-6H,7-10H2,1-2H3. The summed E-state index contributed by atoms with van der Waals surface area (Å²) in [4.78, 5) is 0.375. The Morgan fingerprint density at radius 3 is 2.47 bits per heavy atom. The Balaban J connectivity index is 2.22. The monoisotopic (exact) mass is 363 g/mol. The van der Waals surface area contributed by atoms with Gasteiger partial charge in [0.1, 0.15) is 0 Å². The maximum Gasteiger partial charge on any atom is 0.243 e. The van der Waals surface area contributed by atoms with E-state index in [0.29, 0.717) is 18.0 Å². The second kappa shape index (κ2) is 5.76. The molecule has 1 aromatic rings. The second-order valence-electron chi connectivity index (χ2n) is 5.22. The molecule has 1 aliphatic heterocycles. The van der Waals surface area contributed by atoms with Gasteiger partial charge in [0.15, 0.2) is 0 Å². The average Bonchev–Trinajstić information content (AvgIpc) is 2.51. The highest BCUT2D eigenvalue weighted by molar-refractivity contribution is 9.10. The van der Waals surface area contributed by atoms with E-state index < -0.39 is 10.0 Å². The van der Waals surface area contributed by atoms with Gasteiger partial charge in [0.05, 0.1) is 4.90 Å². The molecule has 0 unspecified atom stereocenters. The lowest BCUT2D eigenvalue weighted by Gasteiger charge is -2.22. The fourth-order valence-electron chi connectivity index (χ4n) is 2.00. The lowest BCUT2D eigenvalue weighted by Crippen LogP contribution is -2.33. The molecule has 3 nitrogen and oxygen atoms in total. The van der Waals surface area contributed by atoms with Gasteiger partial charge in [-0.05, 0) is 30.7 Å². The number of sulfonamides is 1. The number of hydrogen-bond acceptors (Lipinski definition) is 3. The fraction of sp³-hybridized carbons (Fsp3) is 0.538. The first-order chi connectivity index (χ1) is 8.81. The highest BCUT2D eigenvalue weighted by atomic mass is 79.9. The van der Waals surface area contributed by atoms with Crippen LogP contribution in [0, 0.1) is 0 Å². The largest absolute Gasteiger partial charge is 0.243 e. The molecule has 0 amide bonds. The van der Waals surface area contributed by atoms with Crippen LogP contribution in [-0.4, -0.2) is 36.3 Å². The van der Waals surface area contributed by atoms with E-state index in [1.165, 1.54) is 0 Å². The van der Waals surface area contributed by atoms with Gasteiger partial charge in [-0.2, -0.15) is 16.1 Å². The van der Waals surface area contributed by atoms with E-state index in [1.807, 2.05) is 11.8 Å². The van der Waals surface area contributed by atoms with Crippen LogP contribution < -0.4 is 0 Å². The Labute approximate surface area is 127 Å². The third kappa shape index (κ3) is 3.74. The van der Waals surface area contributed by atoms with E-state index in [1.54, 1.807) is 28.6 Å². The topological polar surface area (TPSA) is 37.4 Å². The van der Waals surface area contributed by atoms with Gasteiger partial charge in [0, 0.05) is 28.1 Å². The first-order valence-electron chi connectivity index (χ1n) is 6.21. The molecule has 0 saturated carbocycles. The number of hydrogen-bond donors (Lipinski definition) is 0. The lowest BCUT2D eigenvalue weighted by atomic mass is 10.1. The summed E-state index contributed by atoms with van der Waals surface area (Å²) in [6, 6.07) is 6.85. The van der Waals surface area contributed by atoms with Crippen molar-refractivity contribution in [2.45, 2.75) is 29.9 Å². The highest BCUT2D eigenvalue weighted by Gasteiger charge is 2.30. The Kier molecular flexibility index (Phi) is 4.65. The number of halogens is 1. The Morgan fingerprint density at radius 1 is 1.21 bits per heavy atom. The molecule has 0 radical (unpaired) electrons. The van der Waals surface area contributed by atoms with Gasteiger partial charge < -0.3 is 0 Å².